The summed E-state index contributed by atoms with van der Waals surface area (Å²) in [6.07, 6.45) is 0. The van der Waals surface area contributed by atoms with Gasteiger partial charge in [-0.3, -0.25) is 0 Å². The van der Waals surface area contributed by atoms with Crippen LogP contribution < -0.4 is 14.2 Å². The molecule has 0 bridgehead atoms. The van der Waals surface area contributed by atoms with Crippen LogP contribution in [0.5, 0.6) is 17.2 Å². The predicted molar refractivity (Wildman–Crippen MR) is 104 cm³/mol. The first-order chi connectivity index (χ1) is 13.6. The van der Waals surface area contributed by atoms with Gasteiger partial charge in [0, 0.05) is 11.1 Å². The largest absolute Gasteiger partial charge is 0.493 e. The molecule has 0 aliphatic carbocycles. The smallest absolute Gasteiger partial charge is 0.227 e. The highest BCUT2D eigenvalue weighted by atomic mass is 19.1. The molecule has 142 valence electrons. The summed E-state index contributed by atoms with van der Waals surface area (Å²) in [5.41, 5.74) is 3.14. The first-order valence-corrected chi connectivity index (χ1v) is 8.60. The summed E-state index contributed by atoms with van der Waals surface area (Å²) in [5.74, 6) is 1.62. The molecule has 4 rings (SSSR count). The van der Waals surface area contributed by atoms with Crippen molar-refractivity contribution in [1.82, 2.24) is 4.98 Å². The van der Waals surface area contributed by atoms with Gasteiger partial charge in [-0.2, -0.15) is 0 Å². The zero-order valence-corrected chi connectivity index (χ0v) is 15.7. The van der Waals surface area contributed by atoms with Crippen molar-refractivity contribution >= 4 is 11.1 Å². The second kappa shape index (κ2) is 7.23. The molecule has 0 unspecified atom stereocenters. The van der Waals surface area contributed by atoms with Gasteiger partial charge in [-0.05, 0) is 35.9 Å². The predicted octanol–water partition coefficient (Wildman–Crippen LogP) is 5.33. The molecule has 4 aromatic rings. The molecule has 0 N–H and O–H groups in total. The van der Waals surface area contributed by atoms with E-state index in [2.05, 4.69) is 4.98 Å². The Bertz CT molecular complexity index is 1130. The molecule has 0 spiro atoms. The van der Waals surface area contributed by atoms with Gasteiger partial charge in [0.15, 0.2) is 17.1 Å². The third-order valence-corrected chi connectivity index (χ3v) is 4.48. The zero-order valence-electron chi connectivity index (χ0n) is 15.7. The maximum atomic E-state index is 14.1. The molecule has 28 heavy (non-hydrogen) atoms. The van der Waals surface area contributed by atoms with Crippen LogP contribution in [0.3, 0.4) is 0 Å². The summed E-state index contributed by atoms with van der Waals surface area (Å²) >= 11 is 0. The van der Waals surface area contributed by atoms with Crippen LogP contribution in [-0.4, -0.2) is 26.3 Å². The van der Waals surface area contributed by atoms with Crippen molar-refractivity contribution in [2.24, 2.45) is 0 Å². The summed E-state index contributed by atoms with van der Waals surface area (Å²) in [6.45, 7) is 0. The van der Waals surface area contributed by atoms with E-state index < -0.39 is 0 Å². The van der Waals surface area contributed by atoms with Gasteiger partial charge in [0.1, 0.15) is 11.3 Å². The Morgan fingerprint density at radius 1 is 0.821 bits per heavy atom. The van der Waals surface area contributed by atoms with E-state index in [4.69, 9.17) is 18.6 Å². The number of rotatable bonds is 5. The first-order valence-electron chi connectivity index (χ1n) is 8.60. The number of aromatic nitrogens is 1. The normalized spacial score (nSPS) is 10.9. The van der Waals surface area contributed by atoms with Crippen LogP contribution in [0, 0.1) is 5.82 Å². The van der Waals surface area contributed by atoms with Gasteiger partial charge in [-0.15, -0.1) is 0 Å². The standard InChI is InChI=1S/C22H18FNO4/c1-25-19-11-14(12-20(26-2)21(19)27-3)22-24-17-9-8-13(10-18(17)28-22)15-6-4-5-7-16(15)23/h4-12H,1-3H3. The van der Waals surface area contributed by atoms with Crippen LogP contribution in [0.25, 0.3) is 33.7 Å². The third kappa shape index (κ3) is 3.03. The highest BCUT2D eigenvalue weighted by Gasteiger charge is 2.17. The maximum Gasteiger partial charge on any atom is 0.227 e. The number of nitrogens with zero attached hydrogens (tertiary/aromatic N) is 1. The van der Waals surface area contributed by atoms with E-state index in [1.807, 2.05) is 12.1 Å². The molecule has 1 aromatic heterocycles. The highest BCUT2D eigenvalue weighted by molar-refractivity contribution is 5.82. The average molecular weight is 379 g/mol. The van der Waals surface area contributed by atoms with Crippen LogP contribution >= 0.6 is 0 Å². The Balaban J connectivity index is 1.82. The van der Waals surface area contributed by atoms with Gasteiger partial charge in [0.25, 0.3) is 0 Å². The Morgan fingerprint density at radius 3 is 2.18 bits per heavy atom. The molecule has 0 radical (unpaired) electrons. The summed E-state index contributed by atoms with van der Waals surface area (Å²) in [7, 11) is 4.64. The number of hydrogen-bond donors (Lipinski definition) is 0. The van der Waals surface area contributed by atoms with Gasteiger partial charge in [-0.1, -0.05) is 24.3 Å². The Morgan fingerprint density at radius 2 is 1.54 bits per heavy atom. The van der Waals surface area contributed by atoms with E-state index in [9.17, 15) is 4.39 Å². The van der Waals surface area contributed by atoms with Gasteiger partial charge in [-0.25, -0.2) is 9.37 Å². The molecule has 0 atom stereocenters. The third-order valence-electron chi connectivity index (χ3n) is 4.48. The molecule has 0 aliphatic heterocycles. The molecule has 0 saturated carbocycles. The molecular weight excluding hydrogens is 361 g/mol. The lowest BCUT2D eigenvalue weighted by molar-refractivity contribution is 0.324. The fourth-order valence-corrected chi connectivity index (χ4v) is 3.12. The number of methoxy groups -OCH3 is 3. The molecule has 0 aliphatic rings. The van der Waals surface area contributed by atoms with Crippen molar-refractivity contribution in [3.05, 3.63) is 60.4 Å². The van der Waals surface area contributed by atoms with Crippen molar-refractivity contribution in [2.75, 3.05) is 21.3 Å². The van der Waals surface area contributed by atoms with Crippen molar-refractivity contribution in [3.63, 3.8) is 0 Å². The minimum atomic E-state index is -0.286. The van der Waals surface area contributed by atoms with Crippen LogP contribution in [0.1, 0.15) is 0 Å². The quantitative estimate of drug-likeness (QED) is 0.469. The van der Waals surface area contributed by atoms with Crippen LogP contribution in [-0.2, 0) is 0 Å². The second-order valence-corrected chi connectivity index (χ2v) is 6.10. The summed E-state index contributed by atoms with van der Waals surface area (Å²) in [5, 5.41) is 0. The number of benzene rings is 3. The number of ether oxygens (including phenoxy) is 3. The van der Waals surface area contributed by atoms with Crippen LogP contribution in [0.4, 0.5) is 4.39 Å². The first kappa shape index (κ1) is 17.9. The molecule has 1 heterocycles. The van der Waals surface area contributed by atoms with E-state index >= 15 is 0 Å². The maximum absolute atomic E-state index is 14.1. The molecular formula is C22H18FNO4. The van der Waals surface area contributed by atoms with Gasteiger partial charge in [0.2, 0.25) is 11.6 Å². The minimum Gasteiger partial charge on any atom is -0.493 e. The second-order valence-electron chi connectivity index (χ2n) is 6.10. The lowest BCUT2D eigenvalue weighted by Gasteiger charge is -2.12. The van der Waals surface area contributed by atoms with Crippen LogP contribution in [0.2, 0.25) is 0 Å². The Kier molecular flexibility index (Phi) is 4.61. The lowest BCUT2D eigenvalue weighted by atomic mass is 10.1. The van der Waals surface area contributed by atoms with Gasteiger partial charge >= 0.3 is 0 Å². The summed E-state index contributed by atoms with van der Waals surface area (Å²) in [6, 6.07) is 15.6. The summed E-state index contributed by atoms with van der Waals surface area (Å²) in [4.78, 5) is 4.53. The molecule has 5 nitrogen and oxygen atoms in total. The molecule has 0 fully saturated rings. The molecule has 0 saturated heterocycles. The van der Waals surface area contributed by atoms with Crippen molar-refractivity contribution in [1.29, 1.82) is 0 Å². The molecule has 3 aromatic carbocycles. The average Bonchev–Trinajstić information content (AvgIpc) is 3.16. The number of oxazole rings is 1. The van der Waals surface area contributed by atoms with Crippen LogP contribution in [0.15, 0.2) is 59.0 Å². The fourth-order valence-electron chi connectivity index (χ4n) is 3.12. The monoisotopic (exact) mass is 379 g/mol. The minimum absolute atomic E-state index is 0.286. The van der Waals surface area contributed by atoms with Gasteiger partial charge < -0.3 is 18.6 Å². The van der Waals surface area contributed by atoms with E-state index in [1.54, 1.807) is 57.7 Å². The highest BCUT2D eigenvalue weighted by Crippen LogP contribution is 2.41. The Labute approximate surface area is 161 Å². The van der Waals surface area contributed by atoms with E-state index in [-0.39, 0.29) is 5.82 Å². The molecule has 6 heteroatoms. The van der Waals surface area contributed by atoms with E-state index in [1.165, 1.54) is 6.07 Å². The summed E-state index contributed by atoms with van der Waals surface area (Å²) < 4.78 is 36.2. The number of hydrogen-bond acceptors (Lipinski definition) is 5. The zero-order chi connectivity index (χ0) is 19.7. The Hall–Kier alpha value is -3.54. The van der Waals surface area contributed by atoms with Crippen molar-refractivity contribution in [2.45, 2.75) is 0 Å². The number of halogens is 1. The SMILES string of the molecule is COc1cc(-c2nc3ccc(-c4ccccc4F)cc3o2)cc(OC)c1OC. The van der Waals surface area contributed by atoms with Crippen molar-refractivity contribution < 1.29 is 23.0 Å². The van der Waals surface area contributed by atoms with Gasteiger partial charge in [0.05, 0.1) is 21.3 Å². The van der Waals surface area contributed by atoms with E-state index in [0.717, 1.165) is 5.56 Å². The molecule has 0 amide bonds. The van der Waals surface area contributed by atoms with Crippen molar-refractivity contribution in [3.8, 4) is 39.8 Å². The van der Waals surface area contributed by atoms with E-state index in [0.29, 0.717) is 45.4 Å². The fraction of sp³-hybridized carbons (Fsp3) is 0.136. The number of fused-ring (bicyclic) bond motifs is 1. The topological polar surface area (TPSA) is 53.7 Å². The lowest BCUT2D eigenvalue weighted by Crippen LogP contribution is -1.95.